The van der Waals surface area contributed by atoms with Crippen LogP contribution in [0.4, 0.5) is 0 Å². The summed E-state index contributed by atoms with van der Waals surface area (Å²) < 4.78 is 10.4. The Kier molecular flexibility index (Phi) is 6.19. The smallest absolute Gasteiger partial charge is 0.255 e. The molecule has 0 fully saturated rings. The highest BCUT2D eigenvalue weighted by Gasteiger charge is 2.10. The van der Waals surface area contributed by atoms with E-state index < -0.39 is 5.91 Å². The van der Waals surface area contributed by atoms with Crippen LogP contribution in [0.3, 0.4) is 0 Å². The van der Waals surface area contributed by atoms with Crippen molar-refractivity contribution >= 4 is 17.9 Å². The number of benzene rings is 1. The number of primary amides is 1. The second kappa shape index (κ2) is 8.57. The van der Waals surface area contributed by atoms with Gasteiger partial charge in [0.1, 0.15) is 11.5 Å². The third-order valence-electron chi connectivity index (χ3n) is 3.30. The summed E-state index contributed by atoms with van der Waals surface area (Å²) in [6, 6.07) is 10.7. The molecule has 1 aromatic carbocycles. The first-order chi connectivity index (χ1) is 11.6. The zero-order valence-electron chi connectivity index (χ0n) is 13.5. The Morgan fingerprint density at radius 1 is 1.25 bits per heavy atom. The third-order valence-corrected chi connectivity index (χ3v) is 3.30. The molecule has 2 amide bonds. The molecule has 0 radical (unpaired) electrons. The number of rotatable bonds is 8. The average Bonchev–Trinajstić information content (AvgIpc) is 3.09. The maximum absolute atomic E-state index is 12.2. The van der Waals surface area contributed by atoms with Crippen molar-refractivity contribution in [2.24, 2.45) is 5.73 Å². The van der Waals surface area contributed by atoms with Gasteiger partial charge in [-0.1, -0.05) is 12.1 Å². The monoisotopic (exact) mass is 328 g/mol. The van der Waals surface area contributed by atoms with E-state index in [2.05, 4.69) is 0 Å². The molecule has 2 rings (SSSR count). The van der Waals surface area contributed by atoms with E-state index >= 15 is 0 Å². The topological polar surface area (TPSA) is 85.8 Å². The fourth-order valence-electron chi connectivity index (χ4n) is 2.04. The molecule has 0 aliphatic rings. The number of ether oxygens (including phenoxy) is 1. The SMILES string of the molecule is CCN(Cc1ccco1)C(=O)/C=C/c1ccc(OCC(N)=O)cc1. The summed E-state index contributed by atoms with van der Waals surface area (Å²) in [4.78, 5) is 24.6. The fraction of sp³-hybridized carbons (Fsp3) is 0.222. The maximum Gasteiger partial charge on any atom is 0.255 e. The van der Waals surface area contributed by atoms with E-state index in [1.54, 1.807) is 47.6 Å². The van der Waals surface area contributed by atoms with E-state index in [9.17, 15) is 9.59 Å². The number of nitrogens with zero attached hydrogens (tertiary/aromatic N) is 1. The number of hydrogen-bond acceptors (Lipinski definition) is 4. The molecule has 0 spiro atoms. The molecule has 0 saturated heterocycles. The first-order valence-electron chi connectivity index (χ1n) is 7.59. The van der Waals surface area contributed by atoms with Crippen molar-refractivity contribution in [3.63, 3.8) is 0 Å². The van der Waals surface area contributed by atoms with Gasteiger partial charge >= 0.3 is 0 Å². The number of carbonyl (C=O) groups excluding carboxylic acids is 2. The molecule has 2 N–H and O–H groups in total. The van der Waals surface area contributed by atoms with Crippen molar-refractivity contribution in [2.75, 3.05) is 13.2 Å². The van der Waals surface area contributed by atoms with Gasteiger partial charge in [0.25, 0.3) is 5.91 Å². The Balaban J connectivity index is 1.93. The van der Waals surface area contributed by atoms with Crippen LogP contribution in [0, 0.1) is 0 Å². The number of amides is 2. The van der Waals surface area contributed by atoms with Gasteiger partial charge in [0.2, 0.25) is 5.91 Å². The molecular formula is C18H20N2O4. The summed E-state index contributed by atoms with van der Waals surface area (Å²) in [7, 11) is 0. The Bertz CT molecular complexity index is 690. The summed E-state index contributed by atoms with van der Waals surface area (Å²) in [5.41, 5.74) is 5.87. The van der Waals surface area contributed by atoms with E-state index in [1.165, 1.54) is 6.08 Å². The summed E-state index contributed by atoms with van der Waals surface area (Å²) in [5, 5.41) is 0. The lowest BCUT2D eigenvalue weighted by molar-refractivity contribution is -0.126. The maximum atomic E-state index is 12.2. The lowest BCUT2D eigenvalue weighted by atomic mass is 10.2. The molecule has 0 unspecified atom stereocenters. The second-order valence-electron chi connectivity index (χ2n) is 5.09. The minimum absolute atomic E-state index is 0.0945. The van der Waals surface area contributed by atoms with E-state index in [1.807, 2.05) is 13.0 Å². The van der Waals surface area contributed by atoms with Crippen LogP contribution in [-0.4, -0.2) is 29.9 Å². The number of hydrogen-bond donors (Lipinski definition) is 1. The molecule has 0 aliphatic carbocycles. The van der Waals surface area contributed by atoms with E-state index in [0.717, 1.165) is 11.3 Å². The summed E-state index contributed by atoms with van der Waals surface area (Å²) in [5.74, 6) is 0.670. The molecule has 1 aromatic heterocycles. The van der Waals surface area contributed by atoms with Crippen LogP contribution >= 0.6 is 0 Å². The highest BCUT2D eigenvalue weighted by molar-refractivity contribution is 5.91. The van der Waals surface area contributed by atoms with Crippen molar-refractivity contribution in [1.82, 2.24) is 4.90 Å². The average molecular weight is 328 g/mol. The minimum Gasteiger partial charge on any atom is -0.484 e. The molecule has 126 valence electrons. The highest BCUT2D eigenvalue weighted by atomic mass is 16.5. The Morgan fingerprint density at radius 3 is 2.58 bits per heavy atom. The number of likely N-dealkylation sites (N-methyl/N-ethyl adjacent to an activating group) is 1. The predicted octanol–water partition coefficient (Wildman–Crippen LogP) is 2.21. The lowest BCUT2D eigenvalue weighted by Gasteiger charge is -2.17. The number of carbonyl (C=O) groups is 2. The molecule has 0 atom stereocenters. The van der Waals surface area contributed by atoms with Gasteiger partial charge < -0.3 is 19.8 Å². The van der Waals surface area contributed by atoms with Crippen LogP contribution in [0.25, 0.3) is 6.08 Å². The van der Waals surface area contributed by atoms with Crippen molar-refractivity contribution in [3.05, 3.63) is 60.1 Å². The van der Waals surface area contributed by atoms with Gasteiger partial charge in [-0.2, -0.15) is 0 Å². The third kappa shape index (κ3) is 5.31. The van der Waals surface area contributed by atoms with Gasteiger partial charge in [-0.05, 0) is 42.8 Å². The number of nitrogens with two attached hydrogens (primary N) is 1. The Labute approximate surface area is 140 Å². The highest BCUT2D eigenvalue weighted by Crippen LogP contribution is 2.13. The van der Waals surface area contributed by atoms with Crippen LogP contribution in [0.5, 0.6) is 5.75 Å². The van der Waals surface area contributed by atoms with E-state index in [0.29, 0.717) is 18.8 Å². The quantitative estimate of drug-likeness (QED) is 0.753. The lowest BCUT2D eigenvalue weighted by Crippen LogP contribution is -2.28. The van der Waals surface area contributed by atoms with Crippen LogP contribution in [0.15, 0.2) is 53.2 Å². The van der Waals surface area contributed by atoms with Gasteiger partial charge in [-0.25, -0.2) is 0 Å². The normalized spacial score (nSPS) is 10.7. The zero-order chi connectivity index (χ0) is 17.4. The van der Waals surface area contributed by atoms with Crippen molar-refractivity contribution < 1.29 is 18.7 Å². The minimum atomic E-state index is -0.527. The molecule has 6 heteroatoms. The second-order valence-corrected chi connectivity index (χ2v) is 5.09. The fourth-order valence-corrected chi connectivity index (χ4v) is 2.04. The first-order valence-corrected chi connectivity index (χ1v) is 7.59. The number of furan rings is 1. The molecule has 2 aromatic rings. The summed E-state index contributed by atoms with van der Waals surface area (Å²) in [6.45, 7) is 2.78. The van der Waals surface area contributed by atoms with Crippen molar-refractivity contribution in [3.8, 4) is 5.75 Å². The molecule has 6 nitrogen and oxygen atoms in total. The van der Waals surface area contributed by atoms with Crippen molar-refractivity contribution in [2.45, 2.75) is 13.5 Å². The van der Waals surface area contributed by atoms with Crippen LogP contribution < -0.4 is 10.5 Å². The van der Waals surface area contributed by atoms with Gasteiger partial charge in [0, 0.05) is 12.6 Å². The summed E-state index contributed by atoms with van der Waals surface area (Å²) >= 11 is 0. The molecule has 0 aliphatic heterocycles. The van der Waals surface area contributed by atoms with Crippen LogP contribution in [0.2, 0.25) is 0 Å². The molecule has 0 saturated carbocycles. The molecule has 24 heavy (non-hydrogen) atoms. The van der Waals surface area contributed by atoms with E-state index in [-0.39, 0.29) is 12.5 Å². The van der Waals surface area contributed by atoms with Crippen LogP contribution in [0.1, 0.15) is 18.2 Å². The first kappa shape index (κ1) is 17.3. The molecule has 0 bridgehead atoms. The van der Waals surface area contributed by atoms with Gasteiger partial charge in [0.15, 0.2) is 6.61 Å². The van der Waals surface area contributed by atoms with Crippen molar-refractivity contribution in [1.29, 1.82) is 0 Å². The molecule has 1 heterocycles. The Hall–Kier alpha value is -3.02. The molecular weight excluding hydrogens is 308 g/mol. The van der Waals surface area contributed by atoms with E-state index in [4.69, 9.17) is 14.9 Å². The standard InChI is InChI=1S/C18H20N2O4/c1-2-20(12-16-4-3-11-23-16)18(22)10-7-14-5-8-15(9-6-14)24-13-17(19)21/h3-11H,2,12-13H2,1H3,(H2,19,21)/b10-7+. The predicted molar refractivity (Wildman–Crippen MR) is 90.0 cm³/mol. The van der Waals surface area contributed by atoms with Gasteiger partial charge in [0.05, 0.1) is 12.8 Å². The van der Waals surface area contributed by atoms with Gasteiger partial charge in [-0.15, -0.1) is 0 Å². The zero-order valence-corrected chi connectivity index (χ0v) is 13.5. The van der Waals surface area contributed by atoms with Gasteiger partial charge in [-0.3, -0.25) is 9.59 Å². The Morgan fingerprint density at radius 2 is 2.00 bits per heavy atom. The van der Waals surface area contributed by atoms with Crippen LogP contribution in [-0.2, 0) is 16.1 Å². The summed E-state index contributed by atoms with van der Waals surface area (Å²) in [6.07, 6.45) is 4.84. The largest absolute Gasteiger partial charge is 0.484 e.